The third kappa shape index (κ3) is 14.1. The van der Waals surface area contributed by atoms with Crippen LogP contribution < -0.4 is 20.7 Å². The zero-order valence-corrected chi connectivity index (χ0v) is 39.9. The van der Waals surface area contributed by atoms with Crippen molar-refractivity contribution in [1.29, 1.82) is 5.41 Å². The molecule has 0 aliphatic carbocycles. The smallest absolute Gasteiger partial charge is 0.413 e. The van der Waals surface area contributed by atoms with E-state index in [9.17, 15) is 24.0 Å². The number of amidine groups is 1. The maximum absolute atomic E-state index is 14.4. The molecule has 0 fully saturated rings. The number of nitrogens with zero attached hydrogens (tertiary/aromatic N) is 2. The van der Waals surface area contributed by atoms with Crippen molar-refractivity contribution in [2.45, 2.75) is 51.4 Å². The van der Waals surface area contributed by atoms with Gasteiger partial charge in [-0.25, -0.2) is 14.6 Å². The quantitative estimate of drug-likeness (QED) is 0.0248. The Hall–Kier alpha value is -9.37. The van der Waals surface area contributed by atoms with Crippen LogP contribution in [0.15, 0.2) is 188 Å². The van der Waals surface area contributed by atoms with E-state index in [0.717, 1.165) is 22.3 Å². The van der Waals surface area contributed by atoms with E-state index < -0.39 is 48.4 Å². The Kier molecular flexibility index (Phi) is 16.8. The number of carbonyl (C=O) groups is 5. The molecule has 0 bridgehead atoms. The maximum atomic E-state index is 14.4. The molecule has 3 amide bonds. The third-order valence-corrected chi connectivity index (χ3v) is 11.7. The van der Waals surface area contributed by atoms with Gasteiger partial charge in [0.05, 0.1) is 17.5 Å². The fourth-order valence-corrected chi connectivity index (χ4v) is 7.73. The van der Waals surface area contributed by atoms with Crippen LogP contribution in [0.2, 0.25) is 0 Å². The van der Waals surface area contributed by atoms with E-state index in [1.54, 1.807) is 91.0 Å². The minimum absolute atomic E-state index is 0.0160. The van der Waals surface area contributed by atoms with Crippen LogP contribution in [0.5, 0.6) is 5.75 Å². The number of aromatic nitrogens is 2. The SMILES string of the molecule is Cn1c(-c2ccc(C(=N)NC(=O)OCc3ccccc3)cc2)nc2cc(C(=O)NC(CC(=O)OCc3ccccc3)C(=O)NC(Cc3ccc(OCc4ccccc4)cc3)C(=O)OCc3ccccc3)ccc21. The summed E-state index contributed by atoms with van der Waals surface area (Å²) < 4.78 is 24.3. The first-order valence-electron chi connectivity index (χ1n) is 23.4. The van der Waals surface area contributed by atoms with Crippen LogP contribution in [0.1, 0.15) is 50.2 Å². The fraction of sp³-hybridized carbons (Fsp3) is 0.155. The molecule has 368 valence electrons. The first kappa shape index (κ1) is 50.0. The molecule has 15 heteroatoms. The standard InChI is InChI=1S/C58H52N6O9/c1-64-51-31-28-46(33-48(51)60-54(64)45-26-24-44(25-27-45)53(59)63-58(69)73-38-43-20-12-5-13-21-43)55(66)61-49(34-52(65)71-36-41-16-8-3-9-17-41)56(67)62-50(57(68)72-37-42-18-10-4-11-19-42)32-39-22-29-47(30-23-39)70-35-40-14-6-2-7-15-40/h2-31,33,49-50H,32,34-38H2,1H3,(H,61,66)(H,62,67)(H2,59,63,69). The predicted octanol–water partition coefficient (Wildman–Crippen LogP) is 8.77. The number of hydrogen-bond acceptors (Lipinski definition) is 11. The summed E-state index contributed by atoms with van der Waals surface area (Å²) in [6, 6.07) is 53.2. The summed E-state index contributed by atoms with van der Waals surface area (Å²) in [5.74, 6) is -1.96. The molecule has 7 aromatic carbocycles. The van der Waals surface area contributed by atoms with Crippen molar-refractivity contribution < 1.29 is 42.9 Å². The highest BCUT2D eigenvalue weighted by Gasteiger charge is 2.31. The van der Waals surface area contributed by atoms with E-state index in [0.29, 0.717) is 45.9 Å². The number of amides is 3. The molecule has 1 aromatic heterocycles. The van der Waals surface area contributed by atoms with E-state index in [1.165, 1.54) is 0 Å². The Morgan fingerprint density at radius 1 is 0.562 bits per heavy atom. The van der Waals surface area contributed by atoms with Crippen LogP contribution in [0.25, 0.3) is 22.4 Å². The van der Waals surface area contributed by atoms with Crippen molar-refractivity contribution in [1.82, 2.24) is 25.5 Å². The lowest BCUT2D eigenvalue weighted by Crippen LogP contribution is -2.53. The second-order valence-corrected chi connectivity index (χ2v) is 17.0. The van der Waals surface area contributed by atoms with Gasteiger partial charge in [-0.1, -0.05) is 158 Å². The van der Waals surface area contributed by atoms with Gasteiger partial charge in [0.15, 0.2) is 0 Å². The molecule has 0 spiro atoms. The second-order valence-electron chi connectivity index (χ2n) is 17.0. The minimum Gasteiger partial charge on any atom is -0.489 e. The zero-order chi connectivity index (χ0) is 50.9. The molecular formula is C58H52N6O9. The number of alkyl carbamates (subject to hydrolysis) is 1. The molecule has 73 heavy (non-hydrogen) atoms. The lowest BCUT2D eigenvalue weighted by Gasteiger charge is -2.23. The van der Waals surface area contributed by atoms with Crippen molar-refractivity contribution in [2.75, 3.05) is 0 Å². The second kappa shape index (κ2) is 24.5. The number of nitrogens with one attached hydrogen (secondary N) is 4. The van der Waals surface area contributed by atoms with E-state index in [4.69, 9.17) is 29.3 Å². The van der Waals surface area contributed by atoms with Gasteiger partial charge in [-0.05, 0) is 58.1 Å². The molecule has 2 unspecified atom stereocenters. The Morgan fingerprint density at radius 3 is 1.68 bits per heavy atom. The predicted molar refractivity (Wildman–Crippen MR) is 274 cm³/mol. The maximum Gasteiger partial charge on any atom is 0.413 e. The van der Waals surface area contributed by atoms with Crippen LogP contribution >= 0.6 is 0 Å². The Bertz CT molecular complexity index is 3170. The monoisotopic (exact) mass is 976 g/mol. The molecule has 0 aliphatic rings. The van der Waals surface area contributed by atoms with Crippen molar-refractivity contribution in [3.05, 3.63) is 227 Å². The van der Waals surface area contributed by atoms with Gasteiger partial charge >= 0.3 is 18.0 Å². The number of fused-ring (bicyclic) bond motifs is 1. The molecule has 0 saturated heterocycles. The van der Waals surface area contributed by atoms with Crippen LogP contribution in [-0.4, -0.2) is 57.3 Å². The molecular weight excluding hydrogens is 925 g/mol. The first-order chi connectivity index (χ1) is 35.5. The summed E-state index contributed by atoms with van der Waals surface area (Å²) in [4.78, 5) is 73.0. The van der Waals surface area contributed by atoms with Gasteiger partial charge in [0.25, 0.3) is 5.91 Å². The van der Waals surface area contributed by atoms with Gasteiger partial charge in [-0.2, -0.15) is 0 Å². The van der Waals surface area contributed by atoms with Gasteiger partial charge < -0.3 is 34.1 Å². The van der Waals surface area contributed by atoms with Gasteiger partial charge in [-0.15, -0.1) is 0 Å². The molecule has 8 rings (SSSR count). The topological polar surface area (TPSA) is 200 Å². The van der Waals surface area contributed by atoms with Gasteiger partial charge in [0.1, 0.15) is 55.9 Å². The highest BCUT2D eigenvalue weighted by molar-refractivity contribution is 6.05. The number of esters is 2. The highest BCUT2D eigenvalue weighted by atomic mass is 16.6. The zero-order valence-electron chi connectivity index (χ0n) is 39.9. The third-order valence-electron chi connectivity index (χ3n) is 11.7. The van der Waals surface area contributed by atoms with Crippen molar-refractivity contribution in [2.24, 2.45) is 7.05 Å². The largest absolute Gasteiger partial charge is 0.489 e. The Balaban J connectivity index is 0.973. The Morgan fingerprint density at radius 2 is 1.10 bits per heavy atom. The van der Waals surface area contributed by atoms with E-state index in [-0.39, 0.29) is 37.6 Å². The molecule has 0 saturated carbocycles. The van der Waals surface area contributed by atoms with Crippen LogP contribution in [0.4, 0.5) is 4.79 Å². The lowest BCUT2D eigenvalue weighted by atomic mass is 10.0. The summed E-state index contributed by atoms with van der Waals surface area (Å²) in [6.45, 7) is 0.310. The summed E-state index contributed by atoms with van der Waals surface area (Å²) in [6.07, 6.45) is -1.30. The van der Waals surface area contributed by atoms with E-state index in [1.807, 2.05) is 109 Å². The number of aryl methyl sites for hydroxylation is 1. The number of rotatable bonds is 20. The number of imidazole rings is 1. The van der Waals surface area contributed by atoms with Crippen LogP contribution in [-0.2, 0) is 68.5 Å². The van der Waals surface area contributed by atoms with Gasteiger partial charge in [0.2, 0.25) is 5.91 Å². The van der Waals surface area contributed by atoms with E-state index in [2.05, 4.69) is 16.0 Å². The van der Waals surface area contributed by atoms with E-state index >= 15 is 0 Å². The molecule has 0 aliphatic heterocycles. The van der Waals surface area contributed by atoms with Crippen LogP contribution in [0, 0.1) is 5.41 Å². The average molecular weight is 977 g/mol. The number of ether oxygens (including phenoxy) is 4. The normalized spacial score (nSPS) is 11.6. The van der Waals surface area contributed by atoms with Gasteiger partial charge in [0, 0.05) is 30.2 Å². The summed E-state index contributed by atoms with van der Waals surface area (Å²) in [5.41, 5.74) is 6.41. The average Bonchev–Trinajstić information content (AvgIpc) is 3.76. The number of carbonyl (C=O) groups excluding carboxylic acids is 5. The van der Waals surface area contributed by atoms with Crippen molar-refractivity contribution >= 4 is 46.7 Å². The van der Waals surface area contributed by atoms with Gasteiger partial charge in [-0.3, -0.25) is 25.1 Å². The van der Waals surface area contributed by atoms with Crippen molar-refractivity contribution in [3.8, 4) is 17.1 Å². The Labute approximate surface area is 421 Å². The lowest BCUT2D eigenvalue weighted by molar-refractivity contribution is -0.149. The summed E-state index contributed by atoms with van der Waals surface area (Å²) in [5, 5.41) is 16.3. The van der Waals surface area contributed by atoms with Crippen molar-refractivity contribution in [3.63, 3.8) is 0 Å². The number of hydrogen-bond donors (Lipinski definition) is 4. The summed E-state index contributed by atoms with van der Waals surface area (Å²) in [7, 11) is 1.82. The fourth-order valence-electron chi connectivity index (χ4n) is 7.73. The molecule has 4 N–H and O–H groups in total. The summed E-state index contributed by atoms with van der Waals surface area (Å²) >= 11 is 0. The molecule has 15 nitrogen and oxygen atoms in total. The number of benzene rings is 7. The molecule has 8 aromatic rings. The molecule has 1 heterocycles. The highest BCUT2D eigenvalue weighted by Crippen LogP contribution is 2.25. The first-order valence-corrected chi connectivity index (χ1v) is 23.4. The van der Waals surface area contributed by atoms with Crippen LogP contribution in [0.3, 0.4) is 0 Å². The minimum atomic E-state index is -1.48. The molecule has 0 radical (unpaired) electrons. The molecule has 2 atom stereocenters.